The van der Waals surface area contributed by atoms with Crippen molar-refractivity contribution in [1.29, 1.82) is 0 Å². The Balaban J connectivity index is 1.96. The van der Waals surface area contributed by atoms with Crippen LogP contribution in [0.5, 0.6) is 0 Å². The van der Waals surface area contributed by atoms with Crippen molar-refractivity contribution in [3.05, 3.63) is 72.5 Å². The molecule has 0 N–H and O–H groups in total. The Kier molecular flexibility index (Phi) is 4.94. The third-order valence-electron chi connectivity index (χ3n) is 3.32. The minimum Gasteiger partial charge on any atom is -0.268 e. The molecule has 6 nitrogen and oxygen atoms in total. The van der Waals surface area contributed by atoms with Gasteiger partial charge in [-0.05, 0) is 63.6 Å². The number of carbonyl (C=O) groups is 2. The van der Waals surface area contributed by atoms with E-state index in [4.69, 9.17) is 11.6 Å². The number of thioether (sulfide) groups is 1. The van der Waals surface area contributed by atoms with Crippen LogP contribution in [0.15, 0.2) is 51.8 Å². The average molecular weight is 440 g/mol. The van der Waals surface area contributed by atoms with E-state index in [1.165, 1.54) is 24.3 Å². The summed E-state index contributed by atoms with van der Waals surface area (Å²) >= 11 is 9.78. The molecule has 2 aromatic rings. The number of nitro groups is 1. The van der Waals surface area contributed by atoms with Gasteiger partial charge in [0.05, 0.1) is 20.0 Å². The minimum absolute atomic E-state index is 0.122. The highest BCUT2D eigenvalue weighted by atomic mass is 79.9. The van der Waals surface area contributed by atoms with Crippen molar-refractivity contribution < 1.29 is 14.5 Å². The molecule has 1 heterocycles. The van der Waals surface area contributed by atoms with Gasteiger partial charge >= 0.3 is 0 Å². The summed E-state index contributed by atoms with van der Waals surface area (Å²) in [6.45, 7) is 0. The van der Waals surface area contributed by atoms with Gasteiger partial charge in [0.2, 0.25) is 0 Å². The third-order valence-corrected chi connectivity index (χ3v) is 5.10. The second kappa shape index (κ2) is 6.99. The Morgan fingerprint density at radius 1 is 1.20 bits per heavy atom. The number of anilines is 1. The Labute approximate surface area is 159 Å². The fourth-order valence-corrected chi connectivity index (χ4v) is 3.63. The summed E-state index contributed by atoms with van der Waals surface area (Å²) < 4.78 is 0.335. The summed E-state index contributed by atoms with van der Waals surface area (Å²) in [5, 5.41) is 11.0. The smallest absolute Gasteiger partial charge is 0.268 e. The number of imide groups is 1. The quantitative estimate of drug-likeness (QED) is 0.370. The number of benzene rings is 2. The van der Waals surface area contributed by atoms with E-state index in [-0.39, 0.29) is 10.6 Å². The summed E-state index contributed by atoms with van der Waals surface area (Å²) in [6.07, 6.45) is 1.45. The molecule has 0 bridgehead atoms. The SMILES string of the molecule is O=C1SC(=Cc2ccc(Br)c([N+](=O)[O-])c2)C(=O)N1c1cccc(Cl)c1. The lowest BCUT2D eigenvalue weighted by molar-refractivity contribution is -0.385. The monoisotopic (exact) mass is 438 g/mol. The molecule has 0 aromatic heterocycles. The average Bonchev–Trinajstić information content (AvgIpc) is 2.83. The zero-order valence-corrected chi connectivity index (χ0v) is 15.5. The van der Waals surface area contributed by atoms with E-state index < -0.39 is 16.1 Å². The molecule has 0 radical (unpaired) electrons. The highest BCUT2D eigenvalue weighted by molar-refractivity contribution is 9.10. The summed E-state index contributed by atoms with van der Waals surface area (Å²) in [6, 6.07) is 10.9. The van der Waals surface area contributed by atoms with Crippen LogP contribution in [0.25, 0.3) is 6.08 Å². The summed E-state index contributed by atoms with van der Waals surface area (Å²) in [4.78, 5) is 36.4. The van der Waals surface area contributed by atoms with Crippen molar-refractivity contribution in [3.8, 4) is 0 Å². The molecule has 3 rings (SSSR count). The second-order valence-corrected chi connectivity index (χ2v) is 7.25. The molecule has 1 saturated heterocycles. The number of halogens is 2. The number of amides is 2. The molecule has 1 fully saturated rings. The van der Waals surface area contributed by atoms with E-state index in [0.717, 1.165) is 16.7 Å². The van der Waals surface area contributed by atoms with Crippen molar-refractivity contribution in [3.63, 3.8) is 0 Å². The van der Waals surface area contributed by atoms with E-state index in [1.54, 1.807) is 24.3 Å². The Morgan fingerprint density at radius 2 is 1.96 bits per heavy atom. The molecule has 0 atom stereocenters. The van der Waals surface area contributed by atoms with Crippen LogP contribution in [0.2, 0.25) is 5.02 Å². The number of carbonyl (C=O) groups excluding carboxylic acids is 2. The summed E-state index contributed by atoms with van der Waals surface area (Å²) in [5.74, 6) is -0.497. The van der Waals surface area contributed by atoms with Gasteiger partial charge in [-0.3, -0.25) is 19.7 Å². The van der Waals surface area contributed by atoms with E-state index in [1.807, 2.05) is 0 Å². The zero-order chi connectivity index (χ0) is 18.1. The third kappa shape index (κ3) is 3.60. The Hall–Kier alpha value is -2.16. The maximum absolute atomic E-state index is 12.5. The maximum atomic E-state index is 12.5. The van der Waals surface area contributed by atoms with Crippen molar-refractivity contribution >= 4 is 67.9 Å². The number of nitrogens with zero attached hydrogens (tertiary/aromatic N) is 2. The first-order valence-corrected chi connectivity index (χ1v) is 8.83. The zero-order valence-electron chi connectivity index (χ0n) is 12.3. The van der Waals surface area contributed by atoms with E-state index in [0.29, 0.717) is 20.7 Å². The van der Waals surface area contributed by atoms with Gasteiger partial charge in [0.15, 0.2) is 0 Å². The van der Waals surface area contributed by atoms with Crippen molar-refractivity contribution in [1.82, 2.24) is 0 Å². The Bertz CT molecular complexity index is 947. The molecular formula is C16H8BrClN2O4S. The van der Waals surface area contributed by atoms with Crippen LogP contribution in [0.3, 0.4) is 0 Å². The number of hydrogen-bond donors (Lipinski definition) is 0. The standard InChI is InChI=1S/C16H8BrClN2O4S/c17-12-5-4-9(6-13(12)20(23)24)7-14-15(21)19(16(22)25-14)11-3-1-2-10(18)8-11/h1-8H. The van der Waals surface area contributed by atoms with Crippen LogP contribution in [0.4, 0.5) is 16.2 Å². The predicted molar refractivity (Wildman–Crippen MR) is 101 cm³/mol. The fraction of sp³-hybridized carbons (Fsp3) is 0. The largest absolute Gasteiger partial charge is 0.298 e. The minimum atomic E-state index is -0.529. The molecule has 0 aliphatic carbocycles. The van der Waals surface area contributed by atoms with Gasteiger partial charge in [0.25, 0.3) is 16.8 Å². The van der Waals surface area contributed by atoms with Crippen LogP contribution in [0, 0.1) is 10.1 Å². The van der Waals surface area contributed by atoms with Gasteiger partial charge < -0.3 is 0 Å². The van der Waals surface area contributed by atoms with Crippen molar-refractivity contribution in [2.45, 2.75) is 0 Å². The summed E-state index contributed by atoms with van der Waals surface area (Å²) in [7, 11) is 0. The summed E-state index contributed by atoms with van der Waals surface area (Å²) in [5.41, 5.74) is 0.703. The molecule has 9 heteroatoms. The normalized spacial score (nSPS) is 15.9. The molecule has 25 heavy (non-hydrogen) atoms. The van der Waals surface area contributed by atoms with Crippen LogP contribution >= 0.6 is 39.3 Å². The number of rotatable bonds is 3. The Morgan fingerprint density at radius 3 is 2.64 bits per heavy atom. The molecule has 2 aromatic carbocycles. The van der Waals surface area contributed by atoms with Gasteiger partial charge in [0, 0.05) is 11.1 Å². The van der Waals surface area contributed by atoms with Crippen LogP contribution in [0.1, 0.15) is 5.56 Å². The van der Waals surface area contributed by atoms with E-state index >= 15 is 0 Å². The highest BCUT2D eigenvalue weighted by Crippen LogP contribution is 2.37. The molecule has 0 saturated carbocycles. The molecule has 1 aliphatic heterocycles. The van der Waals surface area contributed by atoms with Crippen LogP contribution in [-0.4, -0.2) is 16.1 Å². The predicted octanol–water partition coefficient (Wildman–Crippen LogP) is 5.25. The molecule has 2 amide bonds. The number of hydrogen-bond acceptors (Lipinski definition) is 5. The first kappa shape index (κ1) is 17.7. The van der Waals surface area contributed by atoms with Gasteiger partial charge in [-0.25, -0.2) is 4.90 Å². The first-order valence-electron chi connectivity index (χ1n) is 6.84. The lowest BCUT2D eigenvalue weighted by Gasteiger charge is -2.12. The van der Waals surface area contributed by atoms with Crippen LogP contribution in [-0.2, 0) is 4.79 Å². The maximum Gasteiger partial charge on any atom is 0.298 e. The van der Waals surface area contributed by atoms with Gasteiger partial charge in [-0.2, -0.15) is 0 Å². The van der Waals surface area contributed by atoms with Crippen LogP contribution < -0.4 is 4.90 Å². The highest BCUT2D eigenvalue weighted by Gasteiger charge is 2.36. The molecule has 1 aliphatic rings. The molecule has 0 unspecified atom stereocenters. The number of nitro benzene ring substituents is 1. The lowest BCUT2D eigenvalue weighted by Crippen LogP contribution is -2.27. The van der Waals surface area contributed by atoms with Crippen molar-refractivity contribution in [2.24, 2.45) is 0 Å². The van der Waals surface area contributed by atoms with E-state index in [9.17, 15) is 19.7 Å². The topological polar surface area (TPSA) is 80.5 Å². The fourth-order valence-electron chi connectivity index (χ4n) is 2.22. The molecule has 126 valence electrons. The molecule has 0 spiro atoms. The van der Waals surface area contributed by atoms with E-state index in [2.05, 4.69) is 15.9 Å². The van der Waals surface area contributed by atoms with Gasteiger partial charge in [0.1, 0.15) is 0 Å². The van der Waals surface area contributed by atoms with Gasteiger partial charge in [-0.1, -0.05) is 23.7 Å². The second-order valence-electron chi connectivity index (χ2n) is 4.96. The van der Waals surface area contributed by atoms with Gasteiger partial charge in [-0.15, -0.1) is 0 Å². The first-order chi connectivity index (χ1) is 11.9. The lowest BCUT2D eigenvalue weighted by atomic mass is 10.2. The molecular weight excluding hydrogens is 432 g/mol. The van der Waals surface area contributed by atoms with Crippen molar-refractivity contribution in [2.75, 3.05) is 4.90 Å².